The number of nitrogens with zero attached hydrogens (tertiary/aromatic N) is 2. The van der Waals surface area contributed by atoms with Crippen molar-refractivity contribution in [2.24, 2.45) is 0 Å². The zero-order valence-electron chi connectivity index (χ0n) is 20.3. The average Bonchev–Trinajstić information content (AvgIpc) is 3.32. The topological polar surface area (TPSA) is 70.8 Å². The van der Waals surface area contributed by atoms with Crippen LogP contribution < -0.4 is 0 Å². The third-order valence-electron chi connectivity index (χ3n) is 5.57. The van der Waals surface area contributed by atoms with Crippen LogP contribution in [0.4, 0.5) is 13.2 Å². The highest BCUT2D eigenvalue weighted by Crippen LogP contribution is 2.32. The number of carbonyl (C=O) groups is 1. The molecule has 36 heavy (non-hydrogen) atoms. The Bertz CT molecular complexity index is 1250. The summed E-state index contributed by atoms with van der Waals surface area (Å²) in [5.41, 5.74) is -1.16. The Hall–Kier alpha value is -3.11. The Morgan fingerprint density at radius 1 is 0.944 bits per heavy atom. The molecule has 2 aromatic carbocycles. The van der Waals surface area contributed by atoms with Gasteiger partial charge in [0.15, 0.2) is 0 Å². The standard InChI is InChI=1S/C26H29F3N2O4S/c1-25(2,3)31(36(33,34)23-13-7-11-21(17-23)26(27,28)29)19-24(32)30(18-22-12-8-16-35-22)15-14-20-9-5-4-6-10-20/h4-13,16-17H,14-15,18-19H2,1-3H3. The molecule has 0 saturated heterocycles. The molecule has 0 N–H and O–H groups in total. The summed E-state index contributed by atoms with van der Waals surface area (Å²) in [6.45, 7) is 4.65. The van der Waals surface area contributed by atoms with Crippen LogP contribution in [0.2, 0.25) is 0 Å². The summed E-state index contributed by atoms with van der Waals surface area (Å²) >= 11 is 0. The molecule has 0 aliphatic carbocycles. The van der Waals surface area contributed by atoms with E-state index in [9.17, 15) is 26.4 Å². The fraction of sp³-hybridized carbons (Fsp3) is 0.346. The molecule has 0 spiro atoms. The molecule has 0 atom stereocenters. The Balaban J connectivity index is 1.89. The second-order valence-corrected chi connectivity index (χ2v) is 11.2. The van der Waals surface area contributed by atoms with Crippen LogP contribution in [-0.4, -0.2) is 42.2 Å². The largest absolute Gasteiger partial charge is 0.467 e. The summed E-state index contributed by atoms with van der Waals surface area (Å²) in [7, 11) is -4.44. The van der Waals surface area contributed by atoms with Crippen molar-refractivity contribution in [3.63, 3.8) is 0 Å². The molecule has 1 aromatic heterocycles. The van der Waals surface area contributed by atoms with Gasteiger partial charge in [-0.25, -0.2) is 8.42 Å². The molecule has 0 radical (unpaired) electrons. The van der Waals surface area contributed by atoms with Crippen LogP contribution in [0.25, 0.3) is 0 Å². The predicted molar refractivity (Wildman–Crippen MR) is 129 cm³/mol. The number of furan rings is 1. The molecule has 0 bridgehead atoms. The minimum atomic E-state index is -4.70. The van der Waals surface area contributed by atoms with Crippen LogP contribution in [0.15, 0.2) is 82.3 Å². The molecule has 0 aliphatic rings. The highest BCUT2D eigenvalue weighted by molar-refractivity contribution is 7.89. The average molecular weight is 523 g/mol. The fourth-order valence-corrected chi connectivity index (χ4v) is 5.44. The molecule has 6 nitrogen and oxygen atoms in total. The molecule has 3 aromatic rings. The van der Waals surface area contributed by atoms with Gasteiger partial charge in [0.25, 0.3) is 0 Å². The van der Waals surface area contributed by atoms with E-state index in [1.807, 2.05) is 30.3 Å². The summed E-state index contributed by atoms with van der Waals surface area (Å²) in [5.74, 6) is 0.0345. The molecule has 10 heteroatoms. The lowest BCUT2D eigenvalue weighted by molar-refractivity contribution is -0.137. The smallest absolute Gasteiger partial charge is 0.416 e. The Kier molecular flexibility index (Phi) is 8.30. The fourth-order valence-electron chi connectivity index (χ4n) is 3.66. The van der Waals surface area contributed by atoms with E-state index in [-0.39, 0.29) is 6.54 Å². The maximum Gasteiger partial charge on any atom is 0.416 e. The normalized spacial score (nSPS) is 12.6. The summed E-state index contributed by atoms with van der Waals surface area (Å²) in [4.78, 5) is 14.4. The molecule has 0 fully saturated rings. The lowest BCUT2D eigenvalue weighted by Gasteiger charge is -2.35. The van der Waals surface area contributed by atoms with Crippen LogP contribution >= 0.6 is 0 Å². The van der Waals surface area contributed by atoms with Gasteiger partial charge in [0.05, 0.1) is 29.8 Å². The number of carbonyl (C=O) groups excluding carboxylic acids is 1. The van der Waals surface area contributed by atoms with Crippen molar-refractivity contribution in [1.82, 2.24) is 9.21 Å². The van der Waals surface area contributed by atoms with E-state index >= 15 is 0 Å². The minimum absolute atomic E-state index is 0.125. The molecule has 3 rings (SSSR count). The third-order valence-corrected chi connectivity index (χ3v) is 7.68. The summed E-state index contributed by atoms with van der Waals surface area (Å²) in [6, 6.07) is 16.5. The molecule has 194 valence electrons. The Morgan fingerprint density at radius 3 is 2.22 bits per heavy atom. The van der Waals surface area contributed by atoms with Crippen LogP contribution in [0.3, 0.4) is 0 Å². The van der Waals surface area contributed by atoms with E-state index in [1.165, 1.54) is 11.2 Å². The van der Waals surface area contributed by atoms with Gasteiger partial charge in [-0.3, -0.25) is 4.79 Å². The van der Waals surface area contributed by atoms with Gasteiger partial charge < -0.3 is 9.32 Å². The lowest BCUT2D eigenvalue weighted by Crippen LogP contribution is -2.51. The van der Waals surface area contributed by atoms with Crippen molar-refractivity contribution in [3.05, 3.63) is 89.9 Å². The SMILES string of the molecule is CC(C)(C)N(CC(=O)N(CCc1ccccc1)Cc1ccco1)S(=O)(=O)c1cccc(C(F)(F)F)c1. The Labute approximate surface area is 209 Å². The summed E-state index contributed by atoms with van der Waals surface area (Å²) in [5, 5.41) is 0. The number of benzene rings is 2. The first-order valence-electron chi connectivity index (χ1n) is 11.3. The van der Waals surface area contributed by atoms with Crippen LogP contribution in [0.5, 0.6) is 0 Å². The molecule has 1 heterocycles. The van der Waals surface area contributed by atoms with Gasteiger partial charge in [-0.1, -0.05) is 36.4 Å². The first kappa shape index (κ1) is 27.5. The van der Waals surface area contributed by atoms with E-state index in [2.05, 4.69) is 0 Å². The van der Waals surface area contributed by atoms with E-state index in [0.29, 0.717) is 24.8 Å². The molecule has 0 aliphatic heterocycles. The highest BCUT2D eigenvalue weighted by Gasteiger charge is 2.38. The maximum atomic E-state index is 13.5. The molecule has 0 unspecified atom stereocenters. The van der Waals surface area contributed by atoms with Gasteiger partial charge in [0, 0.05) is 12.1 Å². The highest BCUT2D eigenvalue weighted by atomic mass is 32.2. The second kappa shape index (κ2) is 10.9. The maximum absolute atomic E-state index is 13.5. The van der Waals surface area contributed by atoms with Crippen molar-refractivity contribution >= 4 is 15.9 Å². The summed E-state index contributed by atoms with van der Waals surface area (Å²) < 4.78 is 73.0. The van der Waals surface area contributed by atoms with Crippen molar-refractivity contribution in [1.29, 1.82) is 0 Å². The number of hydrogen-bond donors (Lipinski definition) is 0. The van der Waals surface area contributed by atoms with E-state index < -0.39 is 44.6 Å². The molecule has 0 saturated carbocycles. The third kappa shape index (κ3) is 6.98. The van der Waals surface area contributed by atoms with Crippen molar-refractivity contribution < 1.29 is 30.8 Å². The first-order chi connectivity index (χ1) is 16.8. The van der Waals surface area contributed by atoms with Gasteiger partial charge >= 0.3 is 6.18 Å². The zero-order chi connectivity index (χ0) is 26.6. The predicted octanol–water partition coefficient (Wildman–Crippen LogP) is 5.36. The first-order valence-corrected chi connectivity index (χ1v) is 12.8. The van der Waals surface area contributed by atoms with E-state index in [1.54, 1.807) is 32.9 Å². The van der Waals surface area contributed by atoms with E-state index in [0.717, 1.165) is 28.1 Å². The molecule has 1 amide bonds. The van der Waals surface area contributed by atoms with Gasteiger partial charge in [0.1, 0.15) is 5.76 Å². The molecular weight excluding hydrogens is 493 g/mol. The minimum Gasteiger partial charge on any atom is -0.467 e. The number of hydrogen-bond acceptors (Lipinski definition) is 4. The van der Waals surface area contributed by atoms with Gasteiger partial charge in [0.2, 0.25) is 15.9 Å². The van der Waals surface area contributed by atoms with Crippen molar-refractivity contribution in [3.8, 4) is 0 Å². The van der Waals surface area contributed by atoms with Crippen molar-refractivity contribution in [2.75, 3.05) is 13.1 Å². The number of alkyl halides is 3. The van der Waals surface area contributed by atoms with Crippen LogP contribution in [0, 0.1) is 0 Å². The monoisotopic (exact) mass is 522 g/mol. The van der Waals surface area contributed by atoms with Gasteiger partial charge in [-0.15, -0.1) is 0 Å². The van der Waals surface area contributed by atoms with Gasteiger partial charge in [-0.2, -0.15) is 17.5 Å². The summed E-state index contributed by atoms with van der Waals surface area (Å²) in [6.07, 6.45) is -2.69. The number of rotatable bonds is 9. The van der Waals surface area contributed by atoms with Gasteiger partial charge in [-0.05, 0) is 63.1 Å². The number of halogens is 3. The van der Waals surface area contributed by atoms with Crippen LogP contribution in [0.1, 0.15) is 37.7 Å². The van der Waals surface area contributed by atoms with E-state index in [4.69, 9.17) is 4.42 Å². The molecular formula is C26H29F3N2O4S. The second-order valence-electron chi connectivity index (χ2n) is 9.34. The van der Waals surface area contributed by atoms with Crippen molar-refractivity contribution in [2.45, 2.75) is 50.3 Å². The zero-order valence-corrected chi connectivity index (χ0v) is 21.1. The quantitative estimate of drug-likeness (QED) is 0.379. The number of sulfonamides is 1. The number of amides is 1. The lowest BCUT2D eigenvalue weighted by atomic mass is 10.1. The Morgan fingerprint density at radius 2 is 1.64 bits per heavy atom. The van der Waals surface area contributed by atoms with Crippen LogP contribution in [-0.2, 0) is 34.0 Å².